The summed E-state index contributed by atoms with van der Waals surface area (Å²) in [6.45, 7) is 0. The zero-order chi connectivity index (χ0) is 14.4. The van der Waals surface area contributed by atoms with Crippen molar-refractivity contribution in [3.63, 3.8) is 0 Å². The van der Waals surface area contributed by atoms with Gasteiger partial charge in [-0.15, -0.1) is 0 Å². The third-order valence-electron chi connectivity index (χ3n) is 4.29. The number of rotatable bonds is 2. The molecule has 1 fully saturated rings. The zero-order valence-electron chi connectivity index (χ0n) is 11.3. The van der Waals surface area contributed by atoms with Crippen LogP contribution in [0, 0.1) is 0 Å². The Morgan fingerprint density at radius 1 is 1.24 bits per heavy atom. The molecule has 1 aliphatic rings. The average Bonchev–Trinajstić information content (AvgIpc) is 3.09. The van der Waals surface area contributed by atoms with Crippen molar-refractivity contribution in [2.24, 2.45) is 0 Å². The third-order valence-corrected chi connectivity index (χ3v) is 6.59. The molecule has 0 bridgehead atoms. The van der Waals surface area contributed by atoms with Crippen molar-refractivity contribution in [1.29, 1.82) is 0 Å². The van der Waals surface area contributed by atoms with Crippen LogP contribution in [0.2, 0.25) is 0 Å². The second-order valence-electron chi connectivity index (χ2n) is 5.49. The van der Waals surface area contributed by atoms with Crippen LogP contribution >= 0.6 is 46.3 Å². The molecule has 3 heterocycles. The van der Waals surface area contributed by atoms with Gasteiger partial charge in [0.15, 0.2) is 5.65 Å². The summed E-state index contributed by atoms with van der Waals surface area (Å²) >= 11 is 5.89. The van der Waals surface area contributed by atoms with Crippen molar-refractivity contribution in [3.05, 3.63) is 28.9 Å². The van der Waals surface area contributed by atoms with Crippen molar-refractivity contribution in [1.82, 2.24) is 18.3 Å². The number of imidazole rings is 1. The Morgan fingerprint density at radius 2 is 2.05 bits per heavy atom. The van der Waals surface area contributed by atoms with Gasteiger partial charge >= 0.3 is 0 Å². The van der Waals surface area contributed by atoms with Gasteiger partial charge in [0, 0.05) is 42.4 Å². The van der Waals surface area contributed by atoms with Crippen molar-refractivity contribution in [3.8, 4) is 0 Å². The number of hydrogen-bond donors (Lipinski definition) is 0. The summed E-state index contributed by atoms with van der Waals surface area (Å²) in [7, 11) is 1.64. The molecule has 110 valence electrons. The van der Waals surface area contributed by atoms with Crippen LogP contribution < -0.4 is 0 Å². The first-order valence-corrected chi connectivity index (χ1v) is 11.2. The molecule has 4 nitrogen and oxygen atoms in total. The quantitative estimate of drug-likeness (QED) is 0.468. The maximum atomic E-state index is 4.82. The van der Waals surface area contributed by atoms with Crippen molar-refractivity contribution < 1.29 is 0 Å². The van der Waals surface area contributed by atoms with Crippen LogP contribution in [-0.2, 0) is 0 Å². The minimum atomic E-state index is 0.568. The fourth-order valence-electron chi connectivity index (χ4n) is 3.29. The van der Waals surface area contributed by atoms with E-state index in [4.69, 9.17) is 4.98 Å². The van der Waals surface area contributed by atoms with E-state index in [-0.39, 0.29) is 0 Å². The van der Waals surface area contributed by atoms with Crippen LogP contribution in [0.1, 0.15) is 43.8 Å². The lowest BCUT2D eigenvalue weighted by Crippen LogP contribution is -2.09. The minimum absolute atomic E-state index is 0.568. The van der Waals surface area contributed by atoms with E-state index in [0.717, 1.165) is 21.3 Å². The summed E-state index contributed by atoms with van der Waals surface area (Å²) in [6, 6.07) is 2.14. The highest BCUT2D eigenvalue weighted by atomic mass is 127. The van der Waals surface area contributed by atoms with Gasteiger partial charge in [-0.2, -0.15) is 0 Å². The molecule has 3 aromatic heterocycles. The maximum absolute atomic E-state index is 4.82. The SMILES string of the molecule is Brc1nc(C2CCCCC2)n2c1cnc1c2ccn1SI. The normalized spacial score (nSPS) is 17.0. The Bertz CT molecular complexity index is 806. The minimum Gasteiger partial charge on any atom is -0.290 e. The van der Waals surface area contributed by atoms with Gasteiger partial charge in [0.2, 0.25) is 0 Å². The summed E-state index contributed by atoms with van der Waals surface area (Å²) in [4.78, 5) is 9.43. The summed E-state index contributed by atoms with van der Waals surface area (Å²) in [5, 5.41) is 0. The van der Waals surface area contributed by atoms with Crippen LogP contribution in [0.5, 0.6) is 0 Å². The molecule has 0 amide bonds. The number of nitrogens with zero attached hydrogens (tertiary/aromatic N) is 4. The van der Waals surface area contributed by atoms with Crippen LogP contribution in [-0.4, -0.2) is 18.3 Å². The van der Waals surface area contributed by atoms with E-state index in [0.29, 0.717) is 5.92 Å². The van der Waals surface area contributed by atoms with Crippen LogP contribution in [0.15, 0.2) is 23.1 Å². The van der Waals surface area contributed by atoms with Crippen molar-refractivity contribution >= 4 is 62.9 Å². The number of halogens is 2. The third kappa shape index (κ3) is 2.31. The molecule has 0 spiro atoms. The van der Waals surface area contributed by atoms with Gasteiger partial charge in [-0.05, 0) is 34.8 Å². The van der Waals surface area contributed by atoms with E-state index in [1.165, 1.54) is 37.9 Å². The lowest BCUT2D eigenvalue weighted by atomic mass is 9.89. The highest BCUT2D eigenvalue weighted by molar-refractivity contribution is 14.2. The Morgan fingerprint density at radius 3 is 2.81 bits per heavy atom. The van der Waals surface area contributed by atoms with Crippen LogP contribution in [0.3, 0.4) is 0 Å². The van der Waals surface area contributed by atoms with E-state index >= 15 is 0 Å². The Labute approximate surface area is 147 Å². The van der Waals surface area contributed by atoms with E-state index in [1.54, 1.807) is 9.12 Å². The Hall–Kier alpha value is -0.280. The van der Waals surface area contributed by atoms with Gasteiger partial charge in [0.1, 0.15) is 10.4 Å². The fourth-order valence-corrected chi connectivity index (χ4v) is 5.02. The highest BCUT2D eigenvalue weighted by Gasteiger charge is 2.23. The predicted octanol–water partition coefficient (Wildman–Crippen LogP) is 5.34. The van der Waals surface area contributed by atoms with E-state index in [9.17, 15) is 0 Å². The largest absolute Gasteiger partial charge is 0.290 e. The standard InChI is InChI=1S/C14H14BrIN4S/c15-12-11-8-17-14-10(6-7-19(14)21-16)20(11)13(18-12)9-4-2-1-3-5-9/h6-9H,1-5H2. The molecule has 1 saturated carbocycles. The smallest absolute Gasteiger partial charge is 0.167 e. The zero-order valence-corrected chi connectivity index (χ0v) is 15.9. The second-order valence-corrected chi connectivity index (χ2v) is 7.96. The predicted molar refractivity (Wildman–Crippen MR) is 99.0 cm³/mol. The van der Waals surface area contributed by atoms with Gasteiger partial charge in [0.05, 0.1) is 17.2 Å². The molecule has 0 saturated heterocycles. The highest BCUT2D eigenvalue weighted by Crippen LogP contribution is 2.36. The van der Waals surface area contributed by atoms with Crippen LogP contribution in [0.4, 0.5) is 0 Å². The molecule has 0 atom stereocenters. The van der Waals surface area contributed by atoms with E-state index in [2.05, 4.69) is 62.8 Å². The Balaban J connectivity index is 1.99. The molecule has 4 rings (SSSR count). The van der Waals surface area contributed by atoms with Gasteiger partial charge < -0.3 is 0 Å². The topological polar surface area (TPSA) is 35.1 Å². The maximum Gasteiger partial charge on any atom is 0.167 e. The molecular formula is C14H14BrIN4S. The lowest BCUT2D eigenvalue weighted by molar-refractivity contribution is 0.428. The van der Waals surface area contributed by atoms with Gasteiger partial charge in [-0.3, -0.25) is 8.37 Å². The second kappa shape index (κ2) is 5.73. The van der Waals surface area contributed by atoms with E-state index in [1.807, 2.05) is 6.20 Å². The molecule has 3 aromatic rings. The summed E-state index contributed by atoms with van der Waals surface area (Å²) in [6.07, 6.45) is 10.5. The molecule has 21 heavy (non-hydrogen) atoms. The van der Waals surface area contributed by atoms with Gasteiger partial charge in [0.25, 0.3) is 0 Å². The summed E-state index contributed by atoms with van der Waals surface area (Å²) < 4.78 is 5.30. The average molecular weight is 477 g/mol. The van der Waals surface area contributed by atoms with Gasteiger partial charge in [-0.1, -0.05) is 19.3 Å². The van der Waals surface area contributed by atoms with Gasteiger partial charge in [-0.25, -0.2) is 9.97 Å². The monoisotopic (exact) mass is 476 g/mol. The molecule has 0 aromatic carbocycles. The fraction of sp³-hybridized carbons (Fsp3) is 0.429. The molecule has 1 aliphatic carbocycles. The summed E-state index contributed by atoms with van der Waals surface area (Å²) in [5.74, 6) is 1.76. The molecule has 0 radical (unpaired) electrons. The van der Waals surface area contributed by atoms with Crippen molar-refractivity contribution in [2.45, 2.75) is 38.0 Å². The molecule has 7 heteroatoms. The molecule has 0 aliphatic heterocycles. The molecular weight excluding hydrogens is 463 g/mol. The molecule has 0 N–H and O–H groups in total. The lowest BCUT2D eigenvalue weighted by Gasteiger charge is -2.20. The van der Waals surface area contributed by atoms with E-state index < -0.39 is 0 Å². The number of hydrogen-bond acceptors (Lipinski definition) is 3. The number of aromatic nitrogens is 4. The molecule has 0 unspecified atom stereocenters. The van der Waals surface area contributed by atoms with Crippen molar-refractivity contribution in [2.75, 3.05) is 0 Å². The van der Waals surface area contributed by atoms with Crippen LogP contribution in [0.25, 0.3) is 16.7 Å². The first kappa shape index (κ1) is 14.3. The first-order chi connectivity index (χ1) is 10.3. The first-order valence-electron chi connectivity index (χ1n) is 7.12. The number of fused-ring (bicyclic) bond motifs is 3. The Kier molecular flexibility index (Phi) is 3.91. The summed E-state index contributed by atoms with van der Waals surface area (Å²) in [5.41, 5.74) is 3.22.